The molecule has 0 bridgehead atoms. The molecule has 5 nitrogen and oxygen atoms in total. The van der Waals surface area contributed by atoms with Gasteiger partial charge in [0, 0.05) is 16.3 Å². The average molecular weight is 403 g/mol. The highest BCUT2D eigenvalue weighted by Gasteiger charge is 2.22. The summed E-state index contributed by atoms with van der Waals surface area (Å²) in [7, 11) is 0. The Hall–Kier alpha value is -1.53. The summed E-state index contributed by atoms with van der Waals surface area (Å²) in [5, 5.41) is 1.22. The van der Waals surface area contributed by atoms with E-state index >= 15 is 0 Å². The lowest BCUT2D eigenvalue weighted by Crippen LogP contribution is -2.10. The quantitative estimate of drug-likeness (QED) is 0.733. The second-order valence-electron chi connectivity index (χ2n) is 4.78. The van der Waals surface area contributed by atoms with Crippen LogP contribution >= 0.6 is 27.5 Å². The van der Waals surface area contributed by atoms with Gasteiger partial charge < -0.3 is 14.5 Å². The number of carbonyl (C=O) groups is 2. The number of benzene rings is 1. The normalized spacial score (nSPS) is 10.8. The Morgan fingerprint density at radius 1 is 1.22 bits per heavy atom. The van der Waals surface area contributed by atoms with E-state index in [1.54, 1.807) is 26.0 Å². The molecule has 1 aromatic heterocycles. The number of H-pyrrole nitrogens is 1. The summed E-state index contributed by atoms with van der Waals surface area (Å²) >= 11 is 9.73. The molecule has 1 heterocycles. The molecule has 7 heteroatoms. The van der Waals surface area contributed by atoms with Crippen LogP contribution in [0.25, 0.3) is 10.9 Å². The van der Waals surface area contributed by atoms with Crippen LogP contribution in [0.1, 0.15) is 36.3 Å². The Morgan fingerprint density at radius 3 is 2.57 bits per heavy atom. The lowest BCUT2D eigenvalue weighted by Gasteiger charge is -2.06. The van der Waals surface area contributed by atoms with Crippen LogP contribution in [0.5, 0.6) is 0 Å². The fourth-order valence-electron chi connectivity index (χ4n) is 2.38. The number of aromatic amines is 1. The molecule has 2 rings (SSSR count). The first kappa shape index (κ1) is 17.8. The van der Waals surface area contributed by atoms with Crippen molar-refractivity contribution in [3.63, 3.8) is 0 Å². The number of nitrogens with one attached hydrogen (secondary N) is 1. The van der Waals surface area contributed by atoms with Crippen LogP contribution in [0.4, 0.5) is 0 Å². The summed E-state index contributed by atoms with van der Waals surface area (Å²) in [4.78, 5) is 26.9. The molecule has 0 fully saturated rings. The molecule has 124 valence electrons. The number of rotatable bonds is 6. The topological polar surface area (TPSA) is 68.4 Å². The number of aryl methyl sites for hydroxylation is 1. The van der Waals surface area contributed by atoms with Crippen LogP contribution in [0, 0.1) is 0 Å². The summed E-state index contributed by atoms with van der Waals surface area (Å²) < 4.78 is 10.8. The number of hydrogen-bond donors (Lipinski definition) is 1. The average Bonchev–Trinajstić information content (AvgIpc) is 2.90. The van der Waals surface area contributed by atoms with Crippen molar-refractivity contribution in [2.75, 3.05) is 13.2 Å². The van der Waals surface area contributed by atoms with Crippen LogP contribution in [-0.4, -0.2) is 30.1 Å². The number of esters is 2. The van der Waals surface area contributed by atoms with Crippen molar-refractivity contribution in [2.45, 2.75) is 26.7 Å². The number of carbonyl (C=O) groups excluding carboxylic acids is 2. The first-order chi connectivity index (χ1) is 11.0. The maximum Gasteiger partial charge on any atom is 0.355 e. The third-order valence-corrected chi connectivity index (χ3v) is 4.30. The molecule has 1 N–H and O–H groups in total. The summed E-state index contributed by atoms with van der Waals surface area (Å²) in [6.45, 7) is 4.08. The predicted octanol–water partition coefficient (Wildman–Crippen LogP) is 4.26. The van der Waals surface area contributed by atoms with Crippen LogP contribution in [0.3, 0.4) is 0 Å². The second kappa shape index (κ2) is 7.84. The fourth-order valence-corrected chi connectivity index (χ4v) is 3.08. The monoisotopic (exact) mass is 401 g/mol. The molecule has 0 aliphatic rings. The lowest BCUT2D eigenvalue weighted by molar-refractivity contribution is -0.143. The second-order valence-corrected chi connectivity index (χ2v) is 6.04. The number of fused-ring (bicyclic) bond motifs is 1. The molecule has 0 amide bonds. The number of aromatic nitrogens is 1. The number of ether oxygens (including phenoxy) is 2. The third kappa shape index (κ3) is 3.87. The largest absolute Gasteiger partial charge is 0.466 e. The Bertz CT molecular complexity index is 741. The van der Waals surface area contributed by atoms with Gasteiger partial charge in [0.05, 0.1) is 23.8 Å². The highest BCUT2D eigenvalue weighted by atomic mass is 79.9. The van der Waals surface area contributed by atoms with Gasteiger partial charge in [-0.15, -0.1) is 0 Å². The smallest absolute Gasteiger partial charge is 0.355 e. The van der Waals surface area contributed by atoms with Crippen LogP contribution in [0.15, 0.2) is 16.6 Å². The molecule has 0 saturated carbocycles. The minimum Gasteiger partial charge on any atom is -0.466 e. The molecular weight excluding hydrogens is 386 g/mol. The van der Waals surface area contributed by atoms with Crippen molar-refractivity contribution in [1.82, 2.24) is 4.98 Å². The predicted molar refractivity (Wildman–Crippen MR) is 91.9 cm³/mol. The van der Waals surface area contributed by atoms with E-state index in [-0.39, 0.29) is 19.0 Å². The molecule has 23 heavy (non-hydrogen) atoms. The van der Waals surface area contributed by atoms with Gasteiger partial charge in [0.2, 0.25) is 0 Å². The Kier molecular flexibility index (Phi) is 6.07. The standard InChI is InChI=1S/C16H17BrClNO4/c1-3-22-12(20)8-5-9-13-11(18)7-6-10(17)15(13)19-14(9)16(21)23-4-2/h6-7,19H,3-5,8H2,1-2H3. The first-order valence-corrected chi connectivity index (χ1v) is 8.47. The van der Waals surface area contributed by atoms with E-state index < -0.39 is 5.97 Å². The van der Waals surface area contributed by atoms with Gasteiger partial charge >= 0.3 is 11.9 Å². The Labute approximate surface area is 147 Å². The first-order valence-electron chi connectivity index (χ1n) is 7.30. The number of hydrogen-bond acceptors (Lipinski definition) is 4. The minimum absolute atomic E-state index is 0.163. The van der Waals surface area contributed by atoms with Crippen molar-refractivity contribution in [2.24, 2.45) is 0 Å². The van der Waals surface area contributed by atoms with Gasteiger partial charge in [-0.3, -0.25) is 4.79 Å². The van der Waals surface area contributed by atoms with E-state index in [0.29, 0.717) is 40.2 Å². The molecule has 0 spiro atoms. The van der Waals surface area contributed by atoms with Gasteiger partial charge in [0.25, 0.3) is 0 Å². The van der Waals surface area contributed by atoms with E-state index in [1.807, 2.05) is 0 Å². The molecular formula is C16H17BrClNO4. The molecule has 0 unspecified atom stereocenters. The summed E-state index contributed by atoms with van der Waals surface area (Å²) in [5.41, 5.74) is 1.69. The van der Waals surface area contributed by atoms with Crippen molar-refractivity contribution >= 4 is 50.4 Å². The number of halogens is 2. The van der Waals surface area contributed by atoms with Gasteiger partial charge in [-0.1, -0.05) is 11.6 Å². The van der Waals surface area contributed by atoms with E-state index in [2.05, 4.69) is 20.9 Å². The van der Waals surface area contributed by atoms with Crippen LogP contribution < -0.4 is 0 Å². The van der Waals surface area contributed by atoms with Crippen LogP contribution in [0.2, 0.25) is 5.02 Å². The van der Waals surface area contributed by atoms with Gasteiger partial charge in [-0.25, -0.2) is 4.79 Å². The Balaban J connectivity index is 2.49. The van der Waals surface area contributed by atoms with Gasteiger partial charge in [0.1, 0.15) is 5.69 Å². The molecule has 0 aliphatic carbocycles. The third-order valence-electron chi connectivity index (χ3n) is 3.32. The maximum atomic E-state index is 12.2. The molecule has 0 radical (unpaired) electrons. The van der Waals surface area contributed by atoms with Crippen LogP contribution in [-0.2, 0) is 20.7 Å². The van der Waals surface area contributed by atoms with Crippen molar-refractivity contribution in [1.29, 1.82) is 0 Å². The zero-order valence-corrected chi connectivity index (χ0v) is 15.2. The summed E-state index contributed by atoms with van der Waals surface area (Å²) in [6.07, 6.45) is 0.499. The molecule has 0 saturated heterocycles. The zero-order valence-electron chi connectivity index (χ0n) is 12.9. The highest BCUT2D eigenvalue weighted by Crippen LogP contribution is 2.35. The summed E-state index contributed by atoms with van der Waals surface area (Å²) in [6, 6.07) is 3.54. The molecule has 0 aliphatic heterocycles. The SMILES string of the molecule is CCOC(=O)CCc1c(C(=O)OCC)[nH]c2c(Br)ccc(Cl)c12. The zero-order chi connectivity index (χ0) is 17.0. The fraction of sp³-hybridized carbons (Fsp3) is 0.375. The lowest BCUT2D eigenvalue weighted by atomic mass is 10.1. The van der Waals surface area contributed by atoms with E-state index in [9.17, 15) is 9.59 Å². The maximum absolute atomic E-state index is 12.2. The van der Waals surface area contributed by atoms with Crippen molar-refractivity contribution in [3.8, 4) is 0 Å². The van der Waals surface area contributed by atoms with Gasteiger partial charge in [-0.05, 0) is 53.9 Å². The minimum atomic E-state index is -0.467. The Morgan fingerprint density at radius 2 is 1.91 bits per heavy atom. The van der Waals surface area contributed by atoms with Gasteiger partial charge in [0.15, 0.2) is 0 Å². The van der Waals surface area contributed by atoms with Crippen molar-refractivity contribution in [3.05, 3.63) is 32.9 Å². The molecule has 0 atom stereocenters. The summed E-state index contributed by atoms with van der Waals surface area (Å²) in [5.74, 6) is -0.784. The van der Waals surface area contributed by atoms with Gasteiger partial charge in [-0.2, -0.15) is 0 Å². The van der Waals surface area contributed by atoms with E-state index in [1.165, 1.54) is 0 Å². The van der Waals surface area contributed by atoms with E-state index in [0.717, 1.165) is 4.47 Å². The molecule has 1 aromatic carbocycles. The molecule has 2 aromatic rings. The van der Waals surface area contributed by atoms with E-state index in [4.69, 9.17) is 21.1 Å². The highest BCUT2D eigenvalue weighted by molar-refractivity contribution is 9.10. The van der Waals surface area contributed by atoms with Crippen molar-refractivity contribution < 1.29 is 19.1 Å².